The van der Waals surface area contributed by atoms with Gasteiger partial charge in [-0.3, -0.25) is 0 Å². The van der Waals surface area contributed by atoms with Crippen LogP contribution in [0.25, 0.3) is 0 Å². The van der Waals surface area contributed by atoms with Crippen molar-refractivity contribution in [1.82, 2.24) is 19.1 Å². The van der Waals surface area contributed by atoms with Crippen LogP contribution in [0.15, 0.2) is 23.1 Å². The summed E-state index contributed by atoms with van der Waals surface area (Å²) < 4.78 is 41.3. The topological polar surface area (TPSA) is 86.6 Å². The van der Waals surface area contributed by atoms with E-state index in [1.165, 1.54) is 20.3 Å². The molecule has 27 heavy (non-hydrogen) atoms. The lowest BCUT2D eigenvalue weighted by atomic mass is 10.1. The Labute approximate surface area is 159 Å². The fourth-order valence-electron chi connectivity index (χ4n) is 4.21. The molecule has 0 aliphatic carbocycles. The van der Waals surface area contributed by atoms with Crippen molar-refractivity contribution in [3.05, 3.63) is 29.8 Å². The van der Waals surface area contributed by atoms with Gasteiger partial charge in [0.25, 0.3) is 0 Å². The van der Waals surface area contributed by atoms with Crippen molar-refractivity contribution in [2.75, 3.05) is 14.2 Å². The van der Waals surface area contributed by atoms with E-state index in [-0.39, 0.29) is 17.0 Å². The van der Waals surface area contributed by atoms with Gasteiger partial charge in [0.15, 0.2) is 11.5 Å². The van der Waals surface area contributed by atoms with Gasteiger partial charge in [0.2, 0.25) is 10.0 Å². The molecule has 2 aliphatic rings. The molecule has 1 fully saturated rings. The number of nitrogens with zero attached hydrogens (tertiary/aromatic N) is 4. The zero-order valence-electron chi connectivity index (χ0n) is 15.8. The molecule has 2 aliphatic heterocycles. The maximum atomic E-state index is 13.5. The highest BCUT2D eigenvalue weighted by atomic mass is 32.2. The van der Waals surface area contributed by atoms with E-state index in [0.717, 1.165) is 30.9 Å². The van der Waals surface area contributed by atoms with Crippen LogP contribution in [-0.2, 0) is 29.4 Å². The van der Waals surface area contributed by atoms with Crippen LogP contribution < -0.4 is 9.47 Å². The van der Waals surface area contributed by atoms with Crippen molar-refractivity contribution in [2.45, 2.75) is 56.1 Å². The van der Waals surface area contributed by atoms with Crippen molar-refractivity contribution >= 4 is 10.0 Å². The van der Waals surface area contributed by atoms with Gasteiger partial charge < -0.3 is 14.0 Å². The summed E-state index contributed by atoms with van der Waals surface area (Å²) >= 11 is 0. The minimum Gasteiger partial charge on any atom is -0.493 e. The van der Waals surface area contributed by atoms with Gasteiger partial charge in [-0.05, 0) is 25.0 Å². The number of sulfonamides is 1. The Morgan fingerprint density at radius 3 is 2.56 bits per heavy atom. The third-order valence-electron chi connectivity index (χ3n) is 5.52. The van der Waals surface area contributed by atoms with E-state index < -0.39 is 10.0 Å². The molecule has 4 rings (SSSR count). The first-order valence-corrected chi connectivity index (χ1v) is 10.6. The second-order valence-electron chi connectivity index (χ2n) is 6.94. The van der Waals surface area contributed by atoms with Gasteiger partial charge >= 0.3 is 0 Å². The predicted molar refractivity (Wildman–Crippen MR) is 98.5 cm³/mol. The first kappa shape index (κ1) is 18.2. The number of hydrogen-bond donors (Lipinski definition) is 0. The standard InChI is InChI=1S/C18H24N4O4S/c1-4-17-19-20-18-9-12-5-6-13(11-21(17)18)22(12)27(23,24)14-7-8-15(25-2)16(10-14)26-3/h7-8,10,12-13H,4-6,9,11H2,1-3H3. The highest BCUT2D eigenvalue weighted by molar-refractivity contribution is 7.89. The number of ether oxygens (including phenoxy) is 2. The first-order chi connectivity index (χ1) is 13.0. The van der Waals surface area contributed by atoms with E-state index in [0.29, 0.717) is 24.5 Å². The number of hydrogen-bond acceptors (Lipinski definition) is 6. The Balaban J connectivity index is 1.72. The Morgan fingerprint density at radius 2 is 1.85 bits per heavy atom. The van der Waals surface area contributed by atoms with Crippen molar-refractivity contribution in [3.8, 4) is 11.5 Å². The Hall–Kier alpha value is -2.13. The third-order valence-corrected chi connectivity index (χ3v) is 7.52. The van der Waals surface area contributed by atoms with Gasteiger partial charge in [0.05, 0.1) is 19.1 Å². The third kappa shape index (κ3) is 2.89. The normalized spacial score (nSPS) is 22.3. The van der Waals surface area contributed by atoms with E-state index in [1.54, 1.807) is 16.4 Å². The summed E-state index contributed by atoms with van der Waals surface area (Å²) in [6.45, 7) is 2.65. The SMILES string of the molecule is CCc1nnc2n1CC1CCC(C2)N1S(=O)(=O)c1ccc(OC)c(OC)c1. The highest BCUT2D eigenvalue weighted by Crippen LogP contribution is 2.38. The lowest BCUT2D eigenvalue weighted by Crippen LogP contribution is -2.42. The molecule has 3 heterocycles. The molecule has 1 aromatic carbocycles. The van der Waals surface area contributed by atoms with E-state index in [4.69, 9.17) is 9.47 Å². The molecule has 0 N–H and O–H groups in total. The van der Waals surface area contributed by atoms with Gasteiger partial charge in [-0.2, -0.15) is 4.31 Å². The van der Waals surface area contributed by atoms with Gasteiger partial charge in [-0.25, -0.2) is 8.42 Å². The van der Waals surface area contributed by atoms with Crippen molar-refractivity contribution in [3.63, 3.8) is 0 Å². The lowest BCUT2D eigenvalue weighted by molar-refractivity contribution is 0.313. The quantitative estimate of drug-likeness (QED) is 0.769. The Morgan fingerprint density at radius 1 is 1.11 bits per heavy atom. The molecule has 1 aromatic heterocycles. The van der Waals surface area contributed by atoms with E-state index in [2.05, 4.69) is 14.8 Å². The van der Waals surface area contributed by atoms with E-state index in [9.17, 15) is 8.42 Å². The predicted octanol–water partition coefficient (Wildman–Crippen LogP) is 1.64. The molecule has 0 saturated carbocycles. The highest BCUT2D eigenvalue weighted by Gasteiger charge is 2.45. The fourth-order valence-corrected chi connectivity index (χ4v) is 6.09. The van der Waals surface area contributed by atoms with Crippen molar-refractivity contribution < 1.29 is 17.9 Å². The summed E-state index contributed by atoms with van der Waals surface area (Å²) in [5, 5.41) is 8.56. The molecule has 8 nitrogen and oxygen atoms in total. The van der Waals surface area contributed by atoms with Crippen molar-refractivity contribution in [1.29, 1.82) is 0 Å². The monoisotopic (exact) mass is 392 g/mol. The van der Waals surface area contributed by atoms with E-state index in [1.807, 2.05) is 6.92 Å². The summed E-state index contributed by atoms with van der Waals surface area (Å²) in [6.07, 6.45) is 3.06. The number of aromatic nitrogens is 3. The van der Waals surface area contributed by atoms with Crippen molar-refractivity contribution in [2.24, 2.45) is 0 Å². The molecule has 0 radical (unpaired) electrons. The minimum absolute atomic E-state index is 0.0874. The van der Waals surface area contributed by atoms with Gasteiger partial charge in [-0.1, -0.05) is 6.92 Å². The summed E-state index contributed by atoms with van der Waals surface area (Å²) in [7, 11) is -0.626. The van der Waals surface area contributed by atoms with Gasteiger partial charge in [0, 0.05) is 37.5 Å². The number of benzene rings is 1. The van der Waals surface area contributed by atoms with Crippen LogP contribution in [0.5, 0.6) is 11.5 Å². The number of fused-ring (bicyclic) bond motifs is 3. The summed E-state index contributed by atoms with van der Waals surface area (Å²) in [5.41, 5.74) is 0. The van der Waals surface area contributed by atoms with Crippen LogP contribution in [0.1, 0.15) is 31.4 Å². The fraction of sp³-hybridized carbons (Fsp3) is 0.556. The first-order valence-electron chi connectivity index (χ1n) is 9.16. The van der Waals surface area contributed by atoms with Crippen LogP contribution >= 0.6 is 0 Å². The van der Waals surface area contributed by atoms with Crippen LogP contribution in [0.2, 0.25) is 0 Å². The molecule has 1 saturated heterocycles. The molecular formula is C18H24N4O4S. The molecule has 2 unspecified atom stereocenters. The summed E-state index contributed by atoms with van der Waals surface area (Å²) in [5.74, 6) is 2.72. The number of aryl methyl sites for hydroxylation is 1. The minimum atomic E-state index is -3.66. The second kappa shape index (κ2) is 6.79. The lowest BCUT2D eigenvalue weighted by Gasteiger charge is -2.27. The molecule has 2 aromatic rings. The molecule has 146 valence electrons. The molecule has 2 bridgehead atoms. The molecule has 2 atom stereocenters. The van der Waals surface area contributed by atoms with Gasteiger partial charge in [0.1, 0.15) is 11.6 Å². The Kier molecular flexibility index (Phi) is 4.59. The van der Waals surface area contributed by atoms with Crippen LogP contribution in [0.4, 0.5) is 0 Å². The average molecular weight is 392 g/mol. The van der Waals surface area contributed by atoms with Crippen LogP contribution in [0.3, 0.4) is 0 Å². The average Bonchev–Trinajstić information content (AvgIpc) is 3.20. The summed E-state index contributed by atoms with van der Waals surface area (Å²) in [4.78, 5) is 0.227. The largest absolute Gasteiger partial charge is 0.493 e. The number of methoxy groups -OCH3 is 2. The molecular weight excluding hydrogens is 368 g/mol. The second-order valence-corrected chi connectivity index (χ2v) is 8.78. The zero-order valence-corrected chi connectivity index (χ0v) is 16.6. The van der Waals surface area contributed by atoms with Gasteiger partial charge in [-0.15, -0.1) is 10.2 Å². The number of rotatable bonds is 5. The summed E-state index contributed by atoms with van der Waals surface area (Å²) in [6, 6.07) is 4.57. The van der Waals surface area contributed by atoms with Crippen LogP contribution in [-0.4, -0.2) is 53.8 Å². The Bertz CT molecular complexity index is 956. The van der Waals surface area contributed by atoms with E-state index >= 15 is 0 Å². The molecule has 0 amide bonds. The van der Waals surface area contributed by atoms with Crippen LogP contribution in [0, 0.1) is 0 Å². The maximum absolute atomic E-state index is 13.5. The molecule has 9 heteroatoms. The maximum Gasteiger partial charge on any atom is 0.243 e. The molecule has 0 spiro atoms. The smallest absolute Gasteiger partial charge is 0.243 e. The zero-order chi connectivity index (χ0) is 19.2.